The van der Waals surface area contributed by atoms with Gasteiger partial charge in [-0.3, -0.25) is 4.79 Å². The Kier molecular flexibility index (Phi) is 4.21. The fourth-order valence-electron chi connectivity index (χ4n) is 2.59. The Bertz CT molecular complexity index is 792. The van der Waals surface area contributed by atoms with Crippen molar-refractivity contribution in [3.8, 4) is 0 Å². The maximum Gasteiger partial charge on any atom is 0.251 e. The summed E-state index contributed by atoms with van der Waals surface area (Å²) in [5.74, 6) is -0.0601. The van der Waals surface area contributed by atoms with Crippen LogP contribution >= 0.6 is 0 Å². The van der Waals surface area contributed by atoms with E-state index < -0.39 is 0 Å². The van der Waals surface area contributed by atoms with Gasteiger partial charge in [0.15, 0.2) is 0 Å². The van der Waals surface area contributed by atoms with Crippen LogP contribution in [-0.2, 0) is 13.0 Å². The number of hydrogen-bond donors (Lipinski definition) is 3. The average molecular weight is 293 g/mol. The van der Waals surface area contributed by atoms with Gasteiger partial charge in [0.2, 0.25) is 0 Å². The Morgan fingerprint density at radius 2 is 2.00 bits per heavy atom. The molecule has 4 N–H and O–H groups in total. The van der Waals surface area contributed by atoms with Crippen molar-refractivity contribution in [2.45, 2.75) is 13.0 Å². The molecule has 0 atom stereocenters. The molecule has 1 aromatic heterocycles. The van der Waals surface area contributed by atoms with E-state index in [1.165, 1.54) is 10.9 Å². The number of para-hydroxylation sites is 1. The second-order valence-electron chi connectivity index (χ2n) is 5.27. The van der Waals surface area contributed by atoms with Gasteiger partial charge in [0.05, 0.1) is 0 Å². The van der Waals surface area contributed by atoms with E-state index in [1.807, 2.05) is 36.5 Å². The Morgan fingerprint density at radius 1 is 1.14 bits per heavy atom. The zero-order valence-electron chi connectivity index (χ0n) is 12.3. The maximum absolute atomic E-state index is 12.1. The lowest BCUT2D eigenvalue weighted by molar-refractivity contribution is 0.0954. The van der Waals surface area contributed by atoms with Crippen LogP contribution in [0.25, 0.3) is 10.9 Å². The molecule has 1 amide bonds. The summed E-state index contributed by atoms with van der Waals surface area (Å²) in [4.78, 5) is 15.4. The van der Waals surface area contributed by atoms with Crippen molar-refractivity contribution in [2.24, 2.45) is 5.73 Å². The zero-order valence-corrected chi connectivity index (χ0v) is 12.3. The molecule has 4 nitrogen and oxygen atoms in total. The third-order valence-corrected chi connectivity index (χ3v) is 3.78. The molecule has 0 spiro atoms. The van der Waals surface area contributed by atoms with E-state index in [0.29, 0.717) is 18.7 Å². The topological polar surface area (TPSA) is 70.9 Å². The highest BCUT2D eigenvalue weighted by atomic mass is 16.1. The fourth-order valence-corrected chi connectivity index (χ4v) is 2.59. The number of benzene rings is 2. The number of H-pyrrole nitrogens is 1. The molecule has 0 saturated carbocycles. The first kappa shape index (κ1) is 14.4. The summed E-state index contributed by atoms with van der Waals surface area (Å²) in [6, 6.07) is 15.6. The Labute approximate surface area is 129 Å². The lowest BCUT2D eigenvalue weighted by atomic mass is 10.1. The lowest BCUT2D eigenvalue weighted by Gasteiger charge is -2.06. The number of fused-ring (bicyclic) bond motifs is 1. The van der Waals surface area contributed by atoms with Gasteiger partial charge in [-0.25, -0.2) is 0 Å². The van der Waals surface area contributed by atoms with E-state index >= 15 is 0 Å². The smallest absolute Gasteiger partial charge is 0.251 e. The molecule has 1 heterocycles. The Hall–Kier alpha value is -2.59. The maximum atomic E-state index is 12.1. The normalized spacial score (nSPS) is 10.8. The van der Waals surface area contributed by atoms with Crippen molar-refractivity contribution in [3.05, 3.63) is 71.4 Å². The number of aromatic amines is 1. The first-order chi connectivity index (χ1) is 10.8. The number of nitrogens with two attached hydrogens (primary N) is 1. The molecule has 3 rings (SSSR count). The molecule has 0 saturated heterocycles. The van der Waals surface area contributed by atoms with Gasteiger partial charge in [-0.05, 0) is 35.7 Å². The summed E-state index contributed by atoms with van der Waals surface area (Å²) in [7, 11) is 0. The molecule has 0 fully saturated rings. The third-order valence-electron chi connectivity index (χ3n) is 3.78. The van der Waals surface area contributed by atoms with E-state index in [1.54, 1.807) is 6.07 Å². The van der Waals surface area contributed by atoms with Crippen LogP contribution in [0.2, 0.25) is 0 Å². The quantitative estimate of drug-likeness (QED) is 0.676. The van der Waals surface area contributed by atoms with Gasteiger partial charge >= 0.3 is 0 Å². The van der Waals surface area contributed by atoms with Crippen LogP contribution in [0.5, 0.6) is 0 Å². The predicted molar refractivity (Wildman–Crippen MR) is 88.7 cm³/mol. The van der Waals surface area contributed by atoms with Crippen molar-refractivity contribution in [1.82, 2.24) is 10.3 Å². The molecule has 0 aliphatic heterocycles. The second kappa shape index (κ2) is 6.45. The van der Waals surface area contributed by atoms with E-state index in [2.05, 4.69) is 22.4 Å². The number of carbonyl (C=O) groups excluding carboxylic acids is 1. The van der Waals surface area contributed by atoms with Crippen molar-refractivity contribution >= 4 is 16.8 Å². The van der Waals surface area contributed by atoms with E-state index in [-0.39, 0.29) is 5.91 Å². The van der Waals surface area contributed by atoms with Gasteiger partial charge < -0.3 is 16.0 Å². The number of nitrogens with one attached hydrogen (secondary N) is 2. The summed E-state index contributed by atoms with van der Waals surface area (Å²) in [5, 5.41) is 4.17. The van der Waals surface area contributed by atoms with Crippen LogP contribution < -0.4 is 11.1 Å². The fraction of sp³-hybridized carbons (Fsp3) is 0.167. The van der Waals surface area contributed by atoms with Crippen molar-refractivity contribution in [2.75, 3.05) is 6.54 Å². The van der Waals surface area contributed by atoms with Gasteiger partial charge in [-0.1, -0.05) is 30.3 Å². The summed E-state index contributed by atoms with van der Waals surface area (Å²) < 4.78 is 0. The van der Waals surface area contributed by atoms with E-state index in [9.17, 15) is 4.79 Å². The number of hydrogen-bond acceptors (Lipinski definition) is 2. The summed E-state index contributed by atoms with van der Waals surface area (Å²) in [6.45, 7) is 1.05. The van der Waals surface area contributed by atoms with Crippen LogP contribution in [0.4, 0.5) is 0 Å². The number of aromatic nitrogens is 1. The Balaban J connectivity index is 1.61. The standard InChI is InChI=1S/C18H19N3O/c19-11-13-4-3-5-14(10-13)18(22)20-9-8-15-12-21-17-7-2-1-6-16(15)17/h1-7,10,12,21H,8-9,11,19H2,(H,20,22). The molecule has 2 aromatic carbocycles. The Morgan fingerprint density at radius 3 is 2.86 bits per heavy atom. The second-order valence-corrected chi connectivity index (χ2v) is 5.27. The highest BCUT2D eigenvalue weighted by molar-refractivity contribution is 5.94. The summed E-state index contributed by atoms with van der Waals surface area (Å²) >= 11 is 0. The molecule has 0 aliphatic rings. The van der Waals surface area contributed by atoms with Crippen molar-refractivity contribution < 1.29 is 4.79 Å². The number of rotatable bonds is 5. The molecule has 3 aromatic rings. The molecule has 4 heteroatoms. The highest BCUT2D eigenvalue weighted by Gasteiger charge is 2.07. The van der Waals surface area contributed by atoms with Crippen LogP contribution in [0.3, 0.4) is 0 Å². The monoisotopic (exact) mass is 293 g/mol. The van der Waals surface area contributed by atoms with Crippen molar-refractivity contribution in [1.29, 1.82) is 0 Å². The van der Waals surface area contributed by atoms with Crippen LogP contribution in [0.15, 0.2) is 54.7 Å². The largest absolute Gasteiger partial charge is 0.361 e. The van der Waals surface area contributed by atoms with Gasteiger partial charge in [-0.2, -0.15) is 0 Å². The van der Waals surface area contributed by atoms with Crippen LogP contribution in [0.1, 0.15) is 21.5 Å². The van der Waals surface area contributed by atoms with Crippen molar-refractivity contribution in [3.63, 3.8) is 0 Å². The van der Waals surface area contributed by atoms with Crippen LogP contribution in [0, 0.1) is 0 Å². The third kappa shape index (κ3) is 3.02. The minimum absolute atomic E-state index is 0.0601. The molecule has 0 bridgehead atoms. The molecule has 0 unspecified atom stereocenters. The summed E-state index contributed by atoms with van der Waals surface area (Å²) in [6.07, 6.45) is 2.80. The minimum atomic E-state index is -0.0601. The molecular weight excluding hydrogens is 274 g/mol. The van der Waals surface area contributed by atoms with Gasteiger partial charge in [0.1, 0.15) is 0 Å². The molecule has 22 heavy (non-hydrogen) atoms. The molecule has 112 valence electrons. The summed E-state index contributed by atoms with van der Waals surface area (Å²) in [5.41, 5.74) is 9.56. The average Bonchev–Trinajstić information content (AvgIpc) is 2.98. The SMILES string of the molecule is NCc1cccc(C(=O)NCCc2c[nH]c3ccccc23)c1. The lowest BCUT2D eigenvalue weighted by Crippen LogP contribution is -2.25. The zero-order chi connectivity index (χ0) is 15.4. The van der Waals surface area contributed by atoms with E-state index in [4.69, 9.17) is 5.73 Å². The first-order valence-corrected chi connectivity index (χ1v) is 7.40. The highest BCUT2D eigenvalue weighted by Crippen LogP contribution is 2.17. The minimum Gasteiger partial charge on any atom is -0.361 e. The number of carbonyl (C=O) groups is 1. The number of amides is 1. The van der Waals surface area contributed by atoms with Crippen LogP contribution in [-0.4, -0.2) is 17.4 Å². The van der Waals surface area contributed by atoms with E-state index in [0.717, 1.165) is 17.5 Å². The van der Waals surface area contributed by atoms with Gasteiger partial charge in [0.25, 0.3) is 5.91 Å². The van der Waals surface area contributed by atoms with Gasteiger partial charge in [-0.15, -0.1) is 0 Å². The first-order valence-electron chi connectivity index (χ1n) is 7.40. The molecule has 0 radical (unpaired) electrons. The molecule has 0 aliphatic carbocycles. The predicted octanol–water partition coefficient (Wildman–Crippen LogP) is 2.60. The molecular formula is C18H19N3O. The van der Waals surface area contributed by atoms with Gasteiger partial charge in [0, 0.05) is 35.8 Å².